The summed E-state index contributed by atoms with van der Waals surface area (Å²) < 4.78 is 5.73. The zero-order valence-electron chi connectivity index (χ0n) is 14.8. The highest BCUT2D eigenvalue weighted by Crippen LogP contribution is 2.29. The molecule has 0 saturated carbocycles. The Balaban J connectivity index is 1.60. The minimum atomic E-state index is -1.07. The summed E-state index contributed by atoms with van der Waals surface area (Å²) >= 11 is 5.91. The van der Waals surface area contributed by atoms with E-state index in [0.29, 0.717) is 30.2 Å². The van der Waals surface area contributed by atoms with Gasteiger partial charge in [0.1, 0.15) is 11.3 Å². The van der Waals surface area contributed by atoms with Crippen molar-refractivity contribution >= 4 is 23.5 Å². The van der Waals surface area contributed by atoms with Crippen molar-refractivity contribution in [1.29, 1.82) is 0 Å². The van der Waals surface area contributed by atoms with Crippen LogP contribution in [0.3, 0.4) is 0 Å². The minimum Gasteiger partial charge on any atom is -0.493 e. The van der Waals surface area contributed by atoms with E-state index in [-0.39, 0.29) is 11.9 Å². The van der Waals surface area contributed by atoms with Crippen LogP contribution in [-0.4, -0.2) is 30.0 Å². The number of para-hydroxylation sites is 1. The first kappa shape index (κ1) is 18.3. The maximum Gasteiger partial charge on any atom is 0.325 e. The lowest BCUT2D eigenvalue weighted by molar-refractivity contribution is -0.131. The molecule has 1 atom stereocenters. The van der Waals surface area contributed by atoms with Crippen LogP contribution in [0, 0.1) is 6.92 Å². The summed E-state index contributed by atoms with van der Waals surface area (Å²) in [6.45, 7) is 4.42. The summed E-state index contributed by atoms with van der Waals surface area (Å²) in [7, 11) is 0. The second-order valence-corrected chi connectivity index (χ2v) is 6.92. The van der Waals surface area contributed by atoms with Gasteiger partial charge in [-0.3, -0.25) is 9.69 Å². The van der Waals surface area contributed by atoms with Crippen LogP contribution in [0.4, 0.5) is 4.79 Å². The number of halogens is 1. The van der Waals surface area contributed by atoms with E-state index in [1.165, 1.54) is 4.90 Å². The first-order valence-corrected chi connectivity index (χ1v) is 8.88. The molecule has 1 saturated heterocycles. The van der Waals surface area contributed by atoms with Gasteiger partial charge in [-0.2, -0.15) is 0 Å². The molecule has 0 radical (unpaired) electrons. The van der Waals surface area contributed by atoms with Gasteiger partial charge in [0.05, 0.1) is 6.61 Å². The molecule has 3 amide bonds. The van der Waals surface area contributed by atoms with Gasteiger partial charge in [-0.05, 0) is 49.6 Å². The number of nitrogens with one attached hydrogen (secondary N) is 1. The Morgan fingerprint density at radius 3 is 2.50 bits per heavy atom. The molecule has 136 valence electrons. The molecule has 0 aliphatic carbocycles. The Hall–Kier alpha value is -2.53. The number of urea groups is 1. The van der Waals surface area contributed by atoms with E-state index in [1.54, 1.807) is 31.2 Å². The monoisotopic (exact) mass is 372 g/mol. The number of amides is 3. The fraction of sp³-hybridized carbons (Fsp3) is 0.300. The molecule has 5 nitrogen and oxygen atoms in total. The first-order valence-electron chi connectivity index (χ1n) is 8.50. The molecule has 26 heavy (non-hydrogen) atoms. The largest absolute Gasteiger partial charge is 0.493 e. The highest BCUT2D eigenvalue weighted by atomic mass is 35.5. The van der Waals surface area contributed by atoms with Crippen LogP contribution in [0.15, 0.2) is 48.5 Å². The van der Waals surface area contributed by atoms with Crippen LogP contribution in [0.1, 0.15) is 24.5 Å². The number of carbonyl (C=O) groups is 2. The standard InChI is InChI=1S/C20H21ClN2O3/c1-14-6-3-4-7-17(14)26-13-5-12-23-18(24)20(2,22-19(23)25)15-8-10-16(21)11-9-15/h3-4,6-11H,5,12-13H2,1-2H3,(H,22,25). The summed E-state index contributed by atoms with van der Waals surface area (Å²) in [6.07, 6.45) is 0.560. The molecular weight excluding hydrogens is 352 g/mol. The fourth-order valence-corrected chi connectivity index (χ4v) is 3.13. The molecule has 0 spiro atoms. The van der Waals surface area contributed by atoms with Crippen molar-refractivity contribution in [2.75, 3.05) is 13.2 Å². The molecule has 1 aliphatic rings. The summed E-state index contributed by atoms with van der Waals surface area (Å²) in [5.74, 6) is 0.552. The maximum atomic E-state index is 12.8. The van der Waals surface area contributed by atoms with Crippen molar-refractivity contribution in [2.24, 2.45) is 0 Å². The zero-order valence-corrected chi connectivity index (χ0v) is 15.5. The highest BCUT2D eigenvalue weighted by Gasteiger charge is 2.48. The third kappa shape index (κ3) is 3.53. The Labute approximate surface area is 157 Å². The maximum absolute atomic E-state index is 12.8. The minimum absolute atomic E-state index is 0.263. The number of benzene rings is 2. The van der Waals surface area contributed by atoms with Crippen molar-refractivity contribution in [3.05, 3.63) is 64.7 Å². The fourth-order valence-electron chi connectivity index (χ4n) is 3.00. The molecule has 6 heteroatoms. The van der Waals surface area contributed by atoms with Crippen molar-refractivity contribution in [1.82, 2.24) is 10.2 Å². The van der Waals surface area contributed by atoms with E-state index in [2.05, 4.69) is 5.32 Å². The number of nitrogens with zero attached hydrogens (tertiary/aromatic N) is 1. The Bertz CT molecular complexity index is 822. The lowest BCUT2D eigenvalue weighted by atomic mass is 9.92. The van der Waals surface area contributed by atoms with Crippen LogP contribution < -0.4 is 10.1 Å². The quantitative estimate of drug-likeness (QED) is 0.618. The number of carbonyl (C=O) groups excluding carboxylic acids is 2. The smallest absolute Gasteiger partial charge is 0.325 e. The number of aryl methyl sites for hydroxylation is 1. The van der Waals surface area contributed by atoms with Gasteiger partial charge in [-0.1, -0.05) is 41.9 Å². The van der Waals surface area contributed by atoms with E-state index in [1.807, 2.05) is 31.2 Å². The third-order valence-electron chi connectivity index (χ3n) is 4.57. The van der Waals surface area contributed by atoms with Gasteiger partial charge in [0, 0.05) is 11.6 Å². The molecule has 1 fully saturated rings. The number of hydrogen-bond acceptors (Lipinski definition) is 3. The summed E-state index contributed by atoms with van der Waals surface area (Å²) in [5, 5.41) is 3.37. The molecule has 0 aromatic heterocycles. The number of imide groups is 1. The molecule has 1 unspecified atom stereocenters. The van der Waals surface area contributed by atoms with E-state index >= 15 is 0 Å². The number of rotatable bonds is 6. The summed E-state index contributed by atoms with van der Waals surface area (Å²) in [5.41, 5.74) is 0.690. The second kappa shape index (κ2) is 7.38. The van der Waals surface area contributed by atoms with Crippen molar-refractivity contribution < 1.29 is 14.3 Å². The molecule has 2 aromatic carbocycles. The third-order valence-corrected chi connectivity index (χ3v) is 4.83. The molecule has 1 heterocycles. The van der Waals surface area contributed by atoms with Crippen LogP contribution in [-0.2, 0) is 10.3 Å². The van der Waals surface area contributed by atoms with E-state index < -0.39 is 5.54 Å². The van der Waals surface area contributed by atoms with Gasteiger partial charge in [0.25, 0.3) is 5.91 Å². The molecule has 3 rings (SSSR count). The van der Waals surface area contributed by atoms with Crippen molar-refractivity contribution in [2.45, 2.75) is 25.8 Å². The van der Waals surface area contributed by atoms with Crippen LogP contribution in [0.25, 0.3) is 0 Å². The normalized spacial score (nSPS) is 19.6. The predicted octanol–water partition coefficient (Wildman–Crippen LogP) is 3.88. The van der Waals surface area contributed by atoms with Gasteiger partial charge in [-0.15, -0.1) is 0 Å². The SMILES string of the molecule is Cc1ccccc1OCCCN1C(=O)NC(C)(c2ccc(Cl)cc2)C1=O. The van der Waals surface area contributed by atoms with Gasteiger partial charge >= 0.3 is 6.03 Å². The Morgan fingerprint density at radius 1 is 1.12 bits per heavy atom. The lowest BCUT2D eigenvalue weighted by Crippen LogP contribution is -2.41. The molecule has 0 bridgehead atoms. The molecule has 1 N–H and O–H groups in total. The van der Waals surface area contributed by atoms with E-state index in [0.717, 1.165) is 11.3 Å². The summed E-state index contributed by atoms with van der Waals surface area (Å²) in [6, 6.07) is 14.3. The van der Waals surface area contributed by atoms with E-state index in [4.69, 9.17) is 16.3 Å². The van der Waals surface area contributed by atoms with Crippen LogP contribution in [0.5, 0.6) is 5.75 Å². The summed E-state index contributed by atoms with van der Waals surface area (Å²) in [4.78, 5) is 26.3. The highest BCUT2D eigenvalue weighted by molar-refractivity contribution is 6.30. The topological polar surface area (TPSA) is 58.6 Å². The number of hydrogen-bond donors (Lipinski definition) is 1. The van der Waals surface area contributed by atoms with Crippen LogP contribution >= 0.6 is 11.6 Å². The molecule has 1 aliphatic heterocycles. The van der Waals surface area contributed by atoms with Crippen molar-refractivity contribution in [3.63, 3.8) is 0 Å². The van der Waals surface area contributed by atoms with Gasteiger partial charge < -0.3 is 10.1 Å². The average molecular weight is 373 g/mol. The van der Waals surface area contributed by atoms with Crippen LogP contribution in [0.2, 0.25) is 5.02 Å². The zero-order chi connectivity index (χ0) is 18.7. The number of ether oxygens (including phenoxy) is 1. The lowest BCUT2D eigenvalue weighted by Gasteiger charge is -2.22. The van der Waals surface area contributed by atoms with Gasteiger partial charge in [-0.25, -0.2) is 4.79 Å². The first-order chi connectivity index (χ1) is 12.4. The molecule has 2 aromatic rings. The Kier molecular flexibility index (Phi) is 5.18. The Morgan fingerprint density at radius 2 is 1.81 bits per heavy atom. The van der Waals surface area contributed by atoms with E-state index in [9.17, 15) is 9.59 Å². The van der Waals surface area contributed by atoms with Gasteiger partial charge in [0.2, 0.25) is 0 Å². The predicted molar refractivity (Wildman–Crippen MR) is 100 cm³/mol. The average Bonchev–Trinajstić information content (AvgIpc) is 2.84. The second-order valence-electron chi connectivity index (χ2n) is 6.49. The molecular formula is C20H21ClN2O3. The van der Waals surface area contributed by atoms with Crippen molar-refractivity contribution in [3.8, 4) is 5.75 Å². The van der Waals surface area contributed by atoms with Gasteiger partial charge in [0.15, 0.2) is 0 Å².